The number of nitrogens with zero attached hydrogens (tertiary/aromatic N) is 1. The first-order valence-electron chi connectivity index (χ1n) is 6.90. The lowest BCUT2D eigenvalue weighted by atomic mass is 9.85. The third-order valence-corrected chi connectivity index (χ3v) is 5.54. The van der Waals surface area contributed by atoms with Gasteiger partial charge in [0.25, 0.3) is 0 Å². The van der Waals surface area contributed by atoms with Gasteiger partial charge in [0.05, 0.1) is 17.5 Å². The molecule has 4 rings (SSSR count). The first-order valence-corrected chi connectivity index (χ1v) is 7.98. The van der Waals surface area contributed by atoms with Crippen LogP contribution in [0.4, 0.5) is 5.69 Å². The SMILES string of the molecule is Cc1cc(I)ccc1N1C(=O)[C@@H]2[C@H](C1=O)[C@@H]1C=C[C@H]2C1. The molecule has 1 aromatic carbocycles. The number of hydrogen-bond donors (Lipinski definition) is 0. The molecule has 2 bridgehead atoms. The van der Waals surface area contributed by atoms with Crippen molar-refractivity contribution in [3.63, 3.8) is 0 Å². The molecular formula is C16H14INO2. The quantitative estimate of drug-likeness (QED) is 0.428. The number of aryl methyl sites for hydroxylation is 1. The number of rotatable bonds is 1. The smallest absolute Gasteiger partial charge is 0.238 e. The number of imide groups is 1. The van der Waals surface area contributed by atoms with Crippen molar-refractivity contribution in [2.45, 2.75) is 13.3 Å². The van der Waals surface area contributed by atoms with Crippen LogP contribution in [0.25, 0.3) is 0 Å². The minimum absolute atomic E-state index is 0.00107. The number of amides is 2. The summed E-state index contributed by atoms with van der Waals surface area (Å²) in [6, 6.07) is 5.85. The highest BCUT2D eigenvalue weighted by atomic mass is 127. The van der Waals surface area contributed by atoms with Gasteiger partial charge in [-0.25, -0.2) is 4.90 Å². The molecule has 1 aromatic rings. The summed E-state index contributed by atoms with van der Waals surface area (Å²) >= 11 is 2.24. The van der Waals surface area contributed by atoms with E-state index in [-0.39, 0.29) is 35.5 Å². The molecule has 1 heterocycles. The second-order valence-electron chi connectivity index (χ2n) is 5.94. The molecule has 0 spiro atoms. The zero-order valence-electron chi connectivity index (χ0n) is 11.0. The Balaban J connectivity index is 1.78. The number of hydrogen-bond acceptors (Lipinski definition) is 2. The van der Waals surface area contributed by atoms with E-state index in [4.69, 9.17) is 0 Å². The van der Waals surface area contributed by atoms with Gasteiger partial charge in [0, 0.05) is 3.57 Å². The standard InChI is InChI=1S/C16H14INO2/c1-8-6-11(17)4-5-12(8)18-15(19)13-9-2-3-10(7-9)14(13)16(18)20/h2-6,9-10,13-14H,7H2,1H3/t9-,10+,13-,14+. The molecule has 0 N–H and O–H groups in total. The van der Waals surface area contributed by atoms with Crippen LogP contribution in [0.2, 0.25) is 0 Å². The summed E-state index contributed by atoms with van der Waals surface area (Å²) in [7, 11) is 0. The highest BCUT2D eigenvalue weighted by Gasteiger charge is 2.59. The minimum Gasteiger partial charge on any atom is -0.274 e. The summed E-state index contributed by atoms with van der Waals surface area (Å²) < 4.78 is 1.12. The van der Waals surface area contributed by atoms with Crippen LogP contribution in [-0.2, 0) is 9.59 Å². The lowest BCUT2D eigenvalue weighted by Gasteiger charge is -2.19. The van der Waals surface area contributed by atoms with Crippen molar-refractivity contribution in [3.05, 3.63) is 39.5 Å². The average Bonchev–Trinajstić information content (AvgIpc) is 3.06. The number of carbonyl (C=O) groups is 2. The topological polar surface area (TPSA) is 37.4 Å². The molecule has 20 heavy (non-hydrogen) atoms. The van der Waals surface area contributed by atoms with E-state index >= 15 is 0 Å². The number of fused-ring (bicyclic) bond motifs is 5. The maximum absolute atomic E-state index is 12.7. The van der Waals surface area contributed by atoms with E-state index in [1.807, 2.05) is 25.1 Å². The van der Waals surface area contributed by atoms with Crippen LogP contribution in [0, 0.1) is 34.2 Å². The second kappa shape index (κ2) is 4.16. The molecule has 1 aliphatic heterocycles. The van der Waals surface area contributed by atoms with Crippen LogP contribution >= 0.6 is 22.6 Å². The van der Waals surface area contributed by atoms with Crippen molar-refractivity contribution in [2.24, 2.45) is 23.7 Å². The predicted molar refractivity (Wildman–Crippen MR) is 84.1 cm³/mol. The summed E-state index contributed by atoms with van der Waals surface area (Å²) in [5, 5.41) is 0. The molecule has 4 atom stereocenters. The minimum atomic E-state index is -0.115. The normalized spacial score (nSPS) is 34.2. The van der Waals surface area contributed by atoms with E-state index in [1.54, 1.807) is 0 Å². The Bertz CT molecular complexity index is 636. The Morgan fingerprint density at radius 2 is 1.70 bits per heavy atom. The first-order chi connectivity index (χ1) is 9.58. The average molecular weight is 379 g/mol. The predicted octanol–water partition coefficient (Wildman–Crippen LogP) is 2.91. The highest BCUT2D eigenvalue weighted by Crippen LogP contribution is 2.53. The molecular weight excluding hydrogens is 365 g/mol. The molecule has 2 aliphatic carbocycles. The van der Waals surface area contributed by atoms with Gasteiger partial charge in [0.1, 0.15) is 0 Å². The third kappa shape index (κ3) is 1.51. The van der Waals surface area contributed by atoms with Gasteiger partial charge >= 0.3 is 0 Å². The summed E-state index contributed by atoms with van der Waals surface area (Å²) in [5.41, 5.74) is 1.74. The summed E-state index contributed by atoms with van der Waals surface area (Å²) in [6.45, 7) is 1.96. The van der Waals surface area contributed by atoms with Crippen LogP contribution in [0.3, 0.4) is 0 Å². The number of benzene rings is 1. The van der Waals surface area contributed by atoms with Crippen LogP contribution in [0.15, 0.2) is 30.4 Å². The van der Waals surface area contributed by atoms with E-state index < -0.39 is 0 Å². The molecule has 0 unspecified atom stereocenters. The zero-order valence-corrected chi connectivity index (χ0v) is 13.2. The lowest BCUT2D eigenvalue weighted by Crippen LogP contribution is -2.33. The van der Waals surface area contributed by atoms with Crippen LogP contribution in [0.5, 0.6) is 0 Å². The first kappa shape index (κ1) is 12.6. The summed E-state index contributed by atoms with van der Waals surface area (Å²) in [4.78, 5) is 26.8. The number of allylic oxidation sites excluding steroid dienone is 2. The second-order valence-corrected chi connectivity index (χ2v) is 7.19. The van der Waals surface area contributed by atoms with Crippen LogP contribution < -0.4 is 4.90 Å². The van der Waals surface area contributed by atoms with Crippen molar-refractivity contribution in [1.29, 1.82) is 0 Å². The monoisotopic (exact) mass is 379 g/mol. The summed E-state index contributed by atoms with van der Waals surface area (Å²) in [5.74, 6) is 0.320. The highest BCUT2D eigenvalue weighted by molar-refractivity contribution is 14.1. The Morgan fingerprint density at radius 3 is 2.25 bits per heavy atom. The Morgan fingerprint density at radius 1 is 1.10 bits per heavy atom. The number of carbonyl (C=O) groups excluding carboxylic acids is 2. The molecule has 4 heteroatoms. The van der Waals surface area contributed by atoms with Gasteiger partial charge in [-0.15, -0.1) is 0 Å². The zero-order chi connectivity index (χ0) is 14.0. The van der Waals surface area contributed by atoms with E-state index in [9.17, 15) is 9.59 Å². The summed E-state index contributed by atoms with van der Waals surface area (Å²) in [6.07, 6.45) is 5.23. The molecule has 0 aromatic heterocycles. The van der Waals surface area contributed by atoms with Gasteiger partial charge < -0.3 is 0 Å². The van der Waals surface area contributed by atoms with Crippen molar-refractivity contribution in [1.82, 2.24) is 0 Å². The number of halogens is 1. The molecule has 1 saturated heterocycles. The fourth-order valence-corrected chi connectivity index (χ4v) is 4.66. The van der Waals surface area contributed by atoms with Gasteiger partial charge in [-0.05, 0) is 71.5 Å². The largest absolute Gasteiger partial charge is 0.274 e. The molecule has 3 nitrogen and oxygen atoms in total. The van der Waals surface area contributed by atoms with E-state index in [0.717, 1.165) is 21.2 Å². The molecule has 1 saturated carbocycles. The molecule has 2 amide bonds. The third-order valence-electron chi connectivity index (χ3n) is 4.87. The maximum Gasteiger partial charge on any atom is 0.238 e. The Kier molecular flexibility index (Phi) is 2.61. The molecule has 3 aliphatic rings. The fraction of sp³-hybridized carbons (Fsp3) is 0.375. The Labute approximate surface area is 131 Å². The van der Waals surface area contributed by atoms with E-state index in [1.165, 1.54) is 4.90 Å². The molecule has 102 valence electrons. The van der Waals surface area contributed by atoms with Crippen molar-refractivity contribution in [2.75, 3.05) is 4.90 Å². The number of anilines is 1. The van der Waals surface area contributed by atoms with E-state index in [2.05, 4.69) is 34.7 Å². The Hall–Kier alpha value is -1.17. The van der Waals surface area contributed by atoms with Crippen LogP contribution in [-0.4, -0.2) is 11.8 Å². The van der Waals surface area contributed by atoms with Crippen molar-refractivity contribution in [3.8, 4) is 0 Å². The fourth-order valence-electron chi connectivity index (χ4n) is 4.01. The van der Waals surface area contributed by atoms with Gasteiger partial charge in [-0.1, -0.05) is 12.2 Å². The van der Waals surface area contributed by atoms with Crippen LogP contribution in [0.1, 0.15) is 12.0 Å². The lowest BCUT2D eigenvalue weighted by molar-refractivity contribution is -0.123. The van der Waals surface area contributed by atoms with E-state index in [0.29, 0.717) is 0 Å². The van der Waals surface area contributed by atoms with Crippen molar-refractivity contribution >= 4 is 40.1 Å². The molecule has 2 fully saturated rings. The van der Waals surface area contributed by atoms with Crippen molar-refractivity contribution < 1.29 is 9.59 Å². The molecule has 0 radical (unpaired) electrons. The van der Waals surface area contributed by atoms with Gasteiger partial charge in [0.2, 0.25) is 11.8 Å². The van der Waals surface area contributed by atoms with Gasteiger partial charge in [0.15, 0.2) is 0 Å². The maximum atomic E-state index is 12.7. The van der Waals surface area contributed by atoms with Gasteiger partial charge in [-0.3, -0.25) is 9.59 Å². The van der Waals surface area contributed by atoms with Gasteiger partial charge in [-0.2, -0.15) is 0 Å².